The van der Waals surface area contributed by atoms with Gasteiger partial charge >= 0.3 is 0 Å². The molecule has 0 bridgehead atoms. The van der Waals surface area contributed by atoms with Gasteiger partial charge in [-0.05, 0) is 98.8 Å². The summed E-state index contributed by atoms with van der Waals surface area (Å²) in [6.07, 6.45) is 0. The van der Waals surface area contributed by atoms with E-state index in [-0.39, 0.29) is 0 Å². The first-order chi connectivity index (χ1) is 29.8. The van der Waals surface area contributed by atoms with Crippen molar-refractivity contribution in [3.8, 4) is 50.2 Å². The van der Waals surface area contributed by atoms with Crippen molar-refractivity contribution in [1.82, 2.24) is 4.57 Å². The molecular formula is C58H40N2. The summed E-state index contributed by atoms with van der Waals surface area (Å²) in [5.41, 5.74) is 16.3. The molecule has 282 valence electrons. The van der Waals surface area contributed by atoms with Gasteiger partial charge in [0.1, 0.15) is 0 Å². The molecule has 0 atom stereocenters. The number of nitrogens with zero attached hydrogens (tertiary/aromatic N) is 2. The molecular weight excluding hydrogens is 725 g/mol. The Bertz CT molecular complexity index is 3250. The summed E-state index contributed by atoms with van der Waals surface area (Å²) < 4.78 is 2.42. The third-order valence-corrected chi connectivity index (χ3v) is 11.8. The van der Waals surface area contributed by atoms with Gasteiger partial charge in [0.05, 0.1) is 22.4 Å². The number of benzene rings is 10. The molecule has 11 rings (SSSR count). The lowest BCUT2D eigenvalue weighted by Crippen LogP contribution is -2.11. The molecule has 1 aromatic heterocycles. The van der Waals surface area contributed by atoms with E-state index < -0.39 is 0 Å². The van der Waals surface area contributed by atoms with E-state index in [0.717, 1.165) is 39.4 Å². The van der Waals surface area contributed by atoms with Crippen molar-refractivity contribution in [3.05, 3.63) is 243 Å². The minimum atomic E-state index is 1.08. The second kappa shape index (κ2) is 15.1. The van der Waals surface area contributed by atoms with Crippen LogP contribution in [0.2, 0.25) is 0 Å². The van der Waals surface area contributed by atoms with Crippen molar-refractivity contribution in [2.24, 2.45) is 0 Å². The second-order valence-corrected chi connectivity index (χ2v) is 15.3. The third-order valence-electron chi connectivity index (χ3n) is 11.8. The van der Waals surface area contributed by atoms with Crippen LogP contribution in [0.4, 0.5) is 17.1 Å². The SMILES string of the molecule is c1ccc(-c2cccc(N(c3ccc(-c4ccccc4-n4c5ccccc5c5ccccc54)cc3)c3ccc(-c4cccc5ccccc45)cc3-c3ccccc3)c2)cc1. The summed E-state index contributed by atoms with van der Waals surface area (Å²) in [5.74, 6) is 0. The number of para-hydroxylation sites is 3. The Kier molecular flexibility index (Phi) is 8.87. The molecule has 1 heterocycles. The fraction of sp³-hybridized carbons (Fsp3) is 0. The molecule has 11 aromatic rings. The van der Waals surface area contributed by atoms with Gasteiger partial charge in [-0.3, -0.25) is 0 Å². The van der Waals surface area contributed by atoms with Crippen molar-refractivity contribution in [2.45, 2.75) is 0 Å². The van der Waals surface area contributed by atoms with Crippen LogP contribution in [0.15, 0.2) is 243 Å². The van der Waals surface area contributed by atoms with Crippen molar-refractivity contribution in [1.29, 1.82) is 0 Å². The first kappa shape index (κ1) is 35.2. The molecule has 10 aromatic carbocycles. The summed E-state index contributed by atoms with van der Waals surface area (Å²) >= 11 is 0. The minimum Gasteiger partial charge on any atom is -0.310 e. The van der Waals surface area contributed by atoms with Crippen LogP contribution >= 0.6 is 0 Å². The van der Waals surface area contributed by atoms with Gasteiger partial charge in [0.15, 0.2) is 0 Å². The monoisotopic (exact) mass is 764 g/mol. The lowest BCUT2D eigenvalue weighted by molar-refractivity contribution is 1.18. The summed E-state index contributed by atoms with van der Waals surface area (Å²) in [7, 11) is 0. The van der Waals surface area contributed by atoms with Crippen molar-refractivity contribution < 1.29 is 0 Å². The van der Waals surface area contributed by atoms with E-state index in [1.54, 1.807) is 0 Å². The molecule has 0 spiro atoms. The molecule has 0 amide bonds. The number of rotatable bonds is 8. The fourth-order valence-electron chi connectivity index (χ4n) is 8.99. The van der Waals surface area contributed by atoms with Crippen LogP contribution in [0, 0.1) is 0 Å². The Morgan fingerprint density at radius 3 is 1.57 bits per heavy atom. The average Bonchev–Trinajstić information content (AvgIpc) is 3.67. The Hall–Kier alpha value is -7.94. The van der Waals surface area contributed by atoms with Gasteiger partial charge in [-0.25, -0.2) is 0 Å². The van der Waals surface area contributed by atoms with Crippen LogP contribution in [0.25, 0.3) is 82.8 Å². The zero-order chi connectivity index (χ0) is 39.8. The third kappa shape index (κ3) is 6.23. The highest BCUT2D eigenvalue weighted by Crippen LogP contribution is 2.45. The predicted molar refractivity (Wildman–Crippen MR) is 255 cm³/mol. The first-order valence-electron chi connectivity index (χ1n) is 20.6. The highest BCUT2D eigenvalue weighted by atomic mass is 15.1. The first-order valence-corrected chi connectivity index (χ1v) is 20.6. The van der Waals surface area contributed by atoms with E-state index in [1.165, 1.54) is 60.4 Å². The molecule has 0 radical (unpaired) electrons. The van der Waals surface area contributed by atoms with Gasteiger partial charge in [-0.1, -0.05) is 188 Å². The minimum absolute atomic E-state index is 1.08. The van der Waals surface area contributed by atoms with Crippen LogP contribution in [-0.2, 0) is 0 Å². The highest BCUT2D eigenvalue weighted by molar-refractivity contribution is 6.10. The number of fused-ring (bicyclic) bond motifs is 4. The van der Waals surface area contributed by atoms with Gasteiger partial charge in [0.2, 0.25) is 0 Å². The largest absolute Gasteiger partial charge is 0.310 e. The maximum absolute atomic E-state index is 2.42. The number of hydrogen-bond donors (Lipinski definition) is 0. The van der Waals surface area contributed by atoms with E-state index >= 15 is 0 Å². The van der Waals surface area contributed by atoms with Crippen LogP contribution in [0.1, 0.15) is 0 Å². The van der Waals surface area contributed by atoms with Gasteiger partial charge in [-0.2, -0.15) is 0 Å². The molecule has 0 aliphatic heterocycles. The van der Waals surface area contributed by atoms with E-state index in [4.69, 9.17) is 0 Å². The van der Waals surface area contributed by atoms with Crippen LogP contribution in [0.3, 0.4) is 0 Å². The Balaban J connectivity index is 1.09. The summed E-state index contributed by atoms with van der Waals surface area (Å²) in [6, 6.07) is 87.9. The normalized spacial score (nSPS) is 11.3. The lowest BCUT2D eigenvalue weighted by Gasteiger charge is -2.29. The highest BCUT2D eigenvalue weighted by Gasteiger charge is 2.21. The Morgan fingerprint density at radius 1 is 0.283 bits per heavy atom. The summed E-state index contributed by atoms with van der Waals surface area (Å²) in [4.78, 5) is 2.42. The van der Waals surface area contributed by atoms with Crippen molar-refractivity contribution in [2.75, 3.05) is 4.90 Å². The van der Waals surface area contributed by atoms with E-state index in [9.17, 15) is 0 Å². The van der Waals surface area contributed by atoms with Gasteiger partial charge in [0, 0.05) is 33.3 Å². The summed E-state index contributed by atoms with van der Waals surface area (Å²) in [6.45, 7) is 0. The summed E-state index contributed by atoms with van der Waals surface area (Å²) in [5, 5.41) is 5.00. The Morgan fingerprint density at radius 2 is 0.817 bits per heavy atom. The molecule has 0 saturated heterocycles. The van der Waals surface area contributed by atoms with Crippen molar-refractivity contribution in [3.63, 3.8) is 0 Å². The number of hydrogen-bond acceptors (Lipinski definition) is 1. The molecule has 2 heteroatoms. The van der Waals surface area contributed by atoms with E-state index in [2.05, 4.69) is 252 Å². The second-order valence-electron chi connectivity index (χ2n) is 15.3. The Labute approximate surface area is 350 Å². The smallest absolute Gasteiger partial charge is 0.0541 e. The lowest BCUT2D eigenvalue weighted by atomic mass is 9.93. The number of aromatic nitrogens is 1. The molecule has 2 nitrogen and oxygen atoms in total. The van der Waals surface area contributed by atoms with Gasteiger partial charge in [0.25, 0.3) is 0 Å². The quantitative estimate of drug-likeness (QED) is 0.150. The zero-order valence-corrected chi connectivity index (χ0v) is 33.0. The fourth-order valence-corrected chi connectivity index (χ4v) is 8.99. The molecule has 0 aliphatic carbocycles. The van der Waals surface area contributed by atoms with E-state index in [1.807, 2.05) is 0 Å². The van der Waals surface area contributed by atoms with Gasteiger partial charge in [-0.15, -0.1) is 0 Å². The van der Waals surface area contributed by atoms with Crippen LogP contribution < -0.4 is 4.90 Å². The molecule has 0 saturated carbocycles. The molecule has 0 N–H and O–H groups in total. The topological polar surface area (TPSA) is 8.17 Å². The zero-order valence-electron chi connectivity index (χ0n) is 33.0. The maximum Gasteiger partial charge on any atom is 0.0541 e. The van der Waals surface area contributed by atoms with E-state index in [0.29, 0.717) is 0 Å². The van der Waals surface area contributed by atoms with Crippen molar-refractivity contribution >= 4 is 49.6 Å². The van der Waals surface area contributed by atoms with Gasteiger partial charge < -0.3 is 9.47 Å². The van der Waals surface area contributed by atoms with Crippen LogP contribution in [0.5, 0.6) is 0 Å². The average molecular weight is 765 g/mol. The number of anilines is 3. The molecule has 0 fully saturated rings. The molecule has 60 heavy (non-hydrogen) atoms. The standard InChI is InChI=1S/C58H40N2/c1-3-17-41(18-4-1)45-23-15-24-48(39-45)59(58-38-35-46(40-54(58)43-19-5-2-6-20-43)50-29-16-22-42-21-7-8-25-49(42)50)47-36-33-44(34-37-47)51-26-9-12-30-55(51)60-56-31-13-10-27-52(56)53-28-11-14-32-57(53)60/h1-40H. The molecule has 0 unspecified atom stereocenters. The maximum atomic E-state index is 2.42. The predicted octanol–water partition coefficient (Wildman–Crippen LogP) is 16.1. The molecule has 0 aliphatic rings. The van der Waals surface area contributed by atoms with Crippen LogP contribution in [-0.4, -0.2) is 4.57 Å².